The van der Waals surface area contributed by atoms with Crippen molar-refractivity contribution >= 4 is 5.91 Å². The number of carbonyl (C=O) groups is 1. The second kappa shape index (κ2) is 5.54. The minimum absolute atomic E-state index is 0.130. The Hall–Kier alpha value is -1.39. The number of benzene rings is 1. The van der Waals surface area contributed by atoms with Gasteiger partial charge in [0.15, 0.2) is 0 Å². The SMILES string of the molecule is CC1CCN(C(=O)c2ccc3c(c2)COC3)CC1CN. The number of carbonyl (C=O) groups excluding carboxylic acids is 1. The van der Waals surface area contributed by atoms with Gasteiger partial charge in [0.25, 0.3) is 5.91 Å². The Labute approximate surface area is 119 Å². The number of hydrogen-bond donors (Lipinski definition) is 1. The Morgan fingerprint density at radius 3 is 3.00 bits per heavy atom. The van der Waals surface area contributed by atoms with E-state index in [9.17, 15) is 4.79 Å². The predicted octanol–water partition coefficient (Wildman–Crippen LogP) is 1.77. The van der Waals surface area contributed by atoms with Crippen molar-refractivity contribution in [3.05, 3.63) is 34.9 Å². The molecular weight excluding hydrogens is 252 g/mol. The molecule has 0 aromatic heterocycles. The summed E-state index contributed by atoms with van der Waals surface area (Å²) in [6.45, 7) is 5.79. The minimum atomic E-state index is 0.130. The van der Waals surface area contributed by atoms with Crippen molar-refractivity contribution in [1.82, 2.24) is 4.90 Å². The molecule has 0 saturated carbocycles. The molecule has 108 valence electrons. The molecule has 0 aliphatic carbocycles. The van der Waals surface area contributed by atoms with Gasteiger partial charge in [-0.25, -0.2) is 0 Å². The van der Waals surface area contributed by atoms with Crippen LogP contribution in [-0.4, -0.2) is 30.4 Å². The van der Waals surface area contributed by atoms with Gasteiger partial charge in [-0.15, -0.1) is 0 Å². The maximum atomic E-state index is 12.6. The predicted molar refractivity (Wildman–Crippen MR) is 77.2 cm³/mol. The van der Waals surface area contributed by atoms with E-state index in [0.29, 0.717) is 31.6 Å². The van der Waals surface area contributed by atoms with Gasteiger partial charge < -0.3 is 15.4 Å². The summed E-state index contributed by atoms with van der Waals surface area (Å²) in [5, 5.41) is 0. The highest BCUT2D eigenvalue weighted by atomic mass is 16.5. The van der Waals surface area contributed by atoms with E-state index in [2.05, 4.69) is 6.92 Å². The van der Waals surface area contributed by atoms with Crippen LogP contribution in [0.4, 0.5) is 0 Å². The van der Waals surface area contributed by atoms with Crippen LogP contribution >= 0.6 is 0 Å². The summed E-state index contributed by atoms with van der Waals surface area (Å²) in [4.78, 5) is 14.6. The van der Waals surface area contributed by atoms with Crippen molar-refractivity contribution in [3.63, 3.8) is 0 Å². The molecule has 4 heteroatoms. The molecule has 2 heterocycles. The van der Waals surface area contributed by atoms with Crippen LogP contribution in [0.3, 0.4) is 0 Å². The van der Waals surface area contributed by atoms with Gasteiger partial charge in [0.05, 0.1) is 13.2 Å². The second-order valence-corrected chi connectivity index (χ2v) is 5.99. The van der Waals surface area contributed by atoms with Crippen LogP contribution in [0.25, 0.3) is 0 Å². The summed E-state index contributed by atoms with van der Waals surface area (Å²) < 4.78 is 5.40. The maximum absolute atomic E-state index is 12.6. The molecule has 1 aromatic rings. The maximum Gasteiger partial charge on any atom is 0.253 e. The van der Waals surface area contributed by atoms with Crippen molar-refractivity contribution in [1.29, 1.82) is 0 Å². The van der Waals surface area contributed by atoms with E-state index in [1.165, 1.54) is 5.56 Å². The fourth-order valence-corrected chi connectivity index (χ4v) is 3.13. The minimum Gasteiger partial charge on any atom is -0.372 e. The van der Waals surface area contributed by atoms with Crippen molar-refractivity contribution in [2.24, 2.45) is 17.6 Å². The third-order valence-corrected chi connectivity index (χ3v) is 4.67. The number of ether oxygens (including phenoxy) is 1. The van der Waals surface area contributed by atoms with E-state index in [1.807, 2.05) is 23.1 Å². The fraction of sp³-hybridized carbons (Fsp3) is 0.562. The number of amides is 1. The molecule has 1 fully saturated rings. The molecule has 1 aromatic carbocycles. The summed E-state index contributed by atoms with van der Waals surface area (Å²) in [5.41, 5.74) is 8.94. The van der Waals surface area contributed by atoms with Crippen LogP contribution in [0.1, 0.15) is 34.8 Å². The quantitative estimate of drug-likeness (QED) is 0.894. The highest BCUT2D eigenvalue weighted by Gasteiger charge is 2.28. The average Bonchev–Trinajstić information content (AvgIpc) is 2.94. The number of rotatable bonds is 2. The lowest BCUT2D eigenvalue weighted by atomic mass is 9.87. The molecule has 2 unspecified atom stereocenters. The zero-order valence-corrected chi connectivity index (χ0v) is 12.0. The summed E-state index contributed by atoms with van der Waals surface area (Å²) in [6.07, 6.45) is 1.04. The van der Waals surface area contributed by atoms with E-state index >= 15 is 0 Å². The van der Waals surface area contributed by atoms with E-state index in [1.54, 1.807) is 0 Å². The van der Waals surface area contributed by atoms with Crippen LogP contribution in [0.15, 0.2) is 18.2 Å². The highest BCUT2D eigenvalue weighted by Crippen LogP contribution is 2.25. The van der Waals surface area contributed by atoms with Gasteiger partial charge in [0, 0.05) is 18.7 Å². The van der Waals surface area contributed by atoms with Crippen LogP contribution in [-0.2, 0) is 18.0 Å². The lowest BCUT2D eigenvalue weighted by molar-refractivity contribution is 0.0618. The summed E-state index contributed by atoms with van der Waals surface area (Å²) in [5.74, 6) is 1.16. The van der Waals surface area contributed by atoms with Crippen LogP contribution in [0.5, 0.6) is 0 Å². The first kappa shape index (κ1) is 13.6. The molecule has 0 radical (unpaired) electrons. The molecule has 0 spiro atoms. The molecule has 0 bridgehead atoms. The van der Waals surface area contributed by atoms with Crippen LogP contribution < -0.4 is 5.73 Å². The monoisotopic (exact) mass is 274 g/mol. The van der Waals surface area contributed by atoms with Crippen LogP contribution in [0.2, 0.25) is 0 Å². The summed E-state index contributed by atoms with van der Waals surface area (Å²) in [7, 11) is 0. The first-order chi connectivity index (χ1) is 9.69. The van der Waals surface area contributed by atoms with Gasteiger partial charge in [0.1, 0.15) is 0 Å². The Balaban J connectivity index is 1.75. The number of fused-ring (bicyclic) bond motifs is 1. The standard InChI is InChI=1S/C16H22N2O2/c1-11-4-5-18(8-15(11)7-17)16(19)12-2-3-13-9-20-10-14(13)6-12/h2-3,6,11,15H,4-5,7-10,17H2,1H3. The highest BCUT2D eigenvalue weighted by molar-refractivity contribution is 5.94. The molecule has 2 atom stereocenters. The van der Waals surface area contributed by atoms with Gasteiger partial charge in [-0.3, -0.25) is 4.79 Å². The smallest absolute Gasteiger partial charge is 0.253 e. The molecule has 20 heavy (non-hydrogen) atoms. The van der Waals surface area contributed by atoms with E-state index < -0.39 is 0 Å². The average molecular weight is 274 g/mol. The Bertz CT molecular complexity index is 515. The van der Waals surface area contributed by atoms with Gasteiger partial charge in [-0.1, -0.05) is 13.0 Å². The fourth-order valence-electron chi connectivity index (χ4n) is 3.13. The lowest BCUT2D eigenvalue weighted by Gasteiger charge is -2.36. The molecule has 2 aliphatic heterocycles. The van der Waals surface area contributed by atoms with E-state index in [0.717, 1.165) is 30.6 Å². The zero-order valence-electron chi connectivity index (χ0n) is 12.0. The van der Waals surface area contributed by atoms with Crippen LogP contribution in [0, 0.1) is 11.8 Å². The first-order valence-corrected chi connectivity index (χ1v) is 7.38. The largest absolute Gasteiger partial charge is 0.372 e. The third-order valence-electron chi connectivity index (χ3n) is 4.67. The summed E-state index contributed by atoms with van der Waals surface area (Å²) >= 11 is 0. The number of piperidine rings is 1. The normalized spacial score (nSPS) is 25.6. The van der Waals surface area contributed by atoms with Gasteiger partial charge in [0.2, 0.25) is 0 Å². The van der Waals surface area contributed by atoms with Crippen molar-refractivity contribution < 1.29 is 9.53 Å². The number of hydrogen-bond acceptors (Lipinski definition) is 3. The molecule has 2 N–H and O–H groups in total. The summed E-state index contributed by atoms with van der Waals surface area (Å²) in [6, 6.07) is 5.92. The third kappa shape index (κ3) is 2.45. The van der Waals surface area contributed by atoms with Gasteiger partial charge in [-0.2, -0.15) is 0 Å². The molecule has 3 rings (SSSR count). The van der Waals surface area contributed by atoms with E-state index in [4.69, 9.17) is 10.5 Å². The Morgan fingerprint density at radius 2 is 2.20 bits per heavy atom. The van der Waals surface area contributed by atoms with Crippen molar-refractivity contribution in [2.45, 2.75) is 26.6 Å². The molecular formula is C16H22N2O2. The molecule has 1 saturated heterocycles. The number of nitrogens with zero attached hydrogens (tertiary/aromatic N) is 1. The molecule has 1 amide bonds. The molecule has 4 nitrogen and oxygen atoms in total. The topological polar surface area (TPSA) is 55.6 Å². The zero-order chi connectivity index (χ0) is 14.1. The van der Waals surface area contributed by atoms with Crippen molar-refractivity contribution in [2.75, 3.05) is 19.6 Å². The number of likely N-dealkylation sites (tertiary alicyclic amines) is 1. The lowest BCUT2D eigenvalue weighted by Crippen LogP contribution is -2.45. The van der Waals surface area contributed by atoms with Crippen molar-refractivity contribution in [3.8, 4) is 0 Å². The van der Waals surface area contributed by atoms with Gasteiger partial charge in [-0.05, 0) is 48.1 Å². The van der Waals surface area contributed by atoms with E-state index in [-0.39, 0.29) is 5.91 Å². The Morgan fingerprint density at radius 1 is 1.40 bits per heavy atom. The first-order valence-electron chi connectivity index (χ1n) is 7.38. The van der Waals surface area contributed by atoms with Gasteiger partial charge >= 0.3 is 0 Å². The molecule has 2 aliphatic rings. The number of nitrogens with two attached hydrogens (primary N) is 1. The second-order valence-electron chi connectivity index (χ2n) is 5.99. The Kier molecular flexibility index (Phi) is 3.76.